The minimum atomic E-state index is -2.74. The maximum atomic E-state index is 13.6. The van der Waals surface area contributed by atoms with Crippen molar-refractivity contribution in [3.8, 4) is 23.0 Å². The average Bonchev–Trinajstić information content (AvgIpc) is 3.34. The fraction of sp³-hybridized carbons (Fsp3) is 0.375. The molecule has 0 saturated carbocycles. The highest BCUT2D eigenvalue weighted by Gasteiger charge is 2.31. The number of aromatic nitrogens is 5. The third-order valence-corrected chi connectivity index (χ3v) is 4.26. The van der Waals surface area contributed by atoms with Gasteiger partial charge in [-0.15, -0.1) is 5.10 Å². The maximum Gasteiger partial charge on any atom is 0.282 e. The smallest absolute Gasteiger partial charge is 0.282 e. The van der Waals surface area contributed by atoms with Gasteiger partial charge in [0.1, 0.15) is 5.69 Å². The lowest BCUT2D eigenvalue weighted by Gasteiger charge is -2.11. The van der Waals surface area contributed by atoms with Crippen LogP contribution < -0.4 is 5.32 Å². The second-order valence-electron chi connectivity index (χ2n) is 6.00. The standard InChI is InChI=1S/C16H16F2N6O/c1-9-2-4-10(5-3-9)15-20-16(25-22-15)12-13(14(17)18)24(23-21-12)11-6-7-19-8-11/h2-5,11,14,19H,6-8H2,1H3. The lowest BCUT2D eigenvalue weighted by molar-refractivity contribution is 0.136. The zero-order chi connectivity index (χ0) is 17.4. The molecule has 0 aliphatic carbocycles. The van der Waals surface area contributed by atoms with Crippen molar-refractivity contribution in [2.45, 2.75) is 25.8 Å². The summed E-state index contributed by atoms with van der Waals surface area (Å²) in [6, 6.07) is 7.38. The monoisotopic (exact) mass is 346 g/mol. The molecule has 3 aromatic rings. The third-order valence-electron chi connectivity index (χ3n) is 4.26. The Morgan fingerprint density at radius 2 is 2.08 bits per heavy atom. The molecule has 25 heavy (non-hydrogen) atoms. The Bertz CT molecular complexity index is 867. The predicted octanol–water partition coefficient (Wildman–Crippen LogP) is 2.78. The van der Waals surface area contributed by atoms with E-state index in [1.165, 1.54) is 4.68 Å². The molecule has 3 heterocycles. The van der Waals surface area contributed by atoms with Crippen molar-refractivity contribution in [1.82, 2.24) is 30.5 Å². The van der Waals surface area contributed by atoms with Gasteiger partial charge in [0.2, 0.25) is 5.82 Å². The summed E-state index contributed by atoms with van der Waals surface area (Å²) in [4.78, 5) is 4.22. The Balaban J connectivity index is 1.71. The number of nitrogens with zero attached hydrogens (tertiary/aromatic N) is 5. The first-order valence-electron chi connectivity index (χ1n) is 7.98. The molecule has 1 aromatic carbocycles. The van der Waals surface area contributed by atoms with Crippen molar-refractivity contribution in [1.29, 1.82) is 0 Å². The molecule has 0 spiro atoms. The number of hydrogen-bond donors (Lipinski definition) is 1. The quantitative estimate of drug-likeness (QED) is 0.782. The number of benzene rings is 1. The van der Waals surface area contributed by atoms with Gasteiger partial charge >= 0.3 is 0 Å². The highest BCUT2D eigenvalue weighted by atomic mass is 19.3. The van der Waals surface area contributed by atoms with Gasteiger partial charge in [-0.3, -0.25) is 0 Å². The van der Waals surface area contributed by atoms with Crippen LogP contribution in [-0.2, 0) is 0 Å². The molecular weight excluding hydrogens is 330 g/mol. The Morgan fingerprint density at radius 1 is 1.28 bits per heavy atom. The molecule has 1 unspecified atom stereocenters. The normalized spacial score (nSPS) is 17.5. The highest BCUT2D eigenvalue weighted by Crippen LogP contribution is 2.32. The van der Waals surface area contributed by atoms with Gasteiger partial charge in [-0.2, -0.15) is 4.98 Å². The summed E-state index contributed by atoms with van der Waals surface area (Å²) < 4.78 is 33.7. The van der Waals surface area contributed by atoms with Gasteiger partial charge in [0.15, 0.2) is 5.69 Å². The summed E-state index contributed by atoms with van der Waals surface area (Å²) in [6.45, 7) is 3.32. The summed E-state index contributed by atoms with van der Waals surface area (Å²) in [7, 11) is 0. The first kappa shape index (κ1) is 15.8. The van der Waals surface area contributed by atoms with E-state index in [1.807, 2.05) is 31.2 Å². The van der Waals surface area contributed by atoms with E-state index in [0.29, 0.717) is 12.4 Å². The summed E-state index contributed by atoms with van der Waals surface area (Å²) in [5.41, 5.74) is 1.49. The number of hydrogen-bond acceptors (Lipinski definition) is 6. The zero-order valence-corrected chi connectivity index (χ0v) is 13.5. The summed E-state index contributed by atoms with van der Waals surface area (Å²) in [5, 5.41) is 14.8. The van der Waals surface area contributed by atoms with Crippen LogP contribution in [0.2, 0.25) is 0 Å². The summed E-state index contributed by atoms with van der Waals surface area (Å²) >= 11 is 0. The molecule has 0 bridgehead atoms. The second kappa shape index (κ2) is 6.32. The summed E-state index contributed by atoms with van der Waals surface area (Å²) in [6.07, 6.45) is -2.01. The lowest BCUT2D eigenvalue weighted by Crippen LogP contribution is -2.17. The van der Waals surface area contributed by atoms with Crippen LogP contribution in [0.1, 0.15) is 30.1 Å². The van der Waals surface area contributed by atoms with Crippen molar-refractivity contribution >= 4 is 0 Å². The van der Waals surface area contributed by atoms with Crippen molar-refractivity contribution in [2.24, 2.45) is 0 Å². The molecule has 0 amide bonds. The van der Waals surface area contributed by atoms with Gasteiger partial charge in [0.25, 0.3) is 12.3 Å². The van der Waals surface area contributed by atoms with Gasteiger partial charge in [-0.1, -0.05) is 40.2 Å². The minimum absolute atomic E-state index is 0.0527. The van der Waals surface area contributed by atoms with E-state index in [2.05, 4.69) is 25.8 Å². The molecular formula is C16H16F2N6O. The Kier molecular flexibility index (Phi) is 4.00. The van der Waals surface area contributed by atoms with Gasteiger partial charge in [-0.25, -0.2) is 13.5 Å². The molecule has 1 N–H and O–H groups in total. The molecule has 2 aromatic heterocycles. The van der Waals surface area contributed by atoms with Crippen LogP contribution in [0.3, 0.4) is 0 Å². The van der Waals surface area contributed by atoms with Gasteiger partial charge < -0.3 is 9.84 Å². The van der Waals surface area contributed by atoms with Crippen molar-refractivity contribution in [3.63, 3.8) is 0 Å². The first-order valence-corrected chi connectivity index (χ1v) is 7.98. The molecule has 130 valence electrons. The van der Waals surface area contributed by atoms with Gasteiger partial charge in [-0.05, 0) is 19.9 Å². The van der Waals surface area contributed by atoms with E-state index in [4.69, 9.17) is 4.52 Å². The SMILES string of the molecule is Cc1ccc(-c2noc(-c3nnn(C4CCNC4)c3C(F)F)n2)cc1. The molecule has 7 nitrogen and oxygen atoms in total. The molecule has 1 fully saturated rings. The first-order chi connectivity index (χ1) is 12.1. The minimum Gasteiger partial charge on any atom is -0.332 e. The van der Waals surface area contributed by atoms with E-state index in [9.17, 15) is 8.78 Å². The number of nitrogens with one attached hydrogen (secondary N) is 1. The fourth-order valence-electron chi connectivity index (χ4n) is 2.91. The van der Waals surface area contributed by atoms with Crippen LogP contribution in [-0.4, -0.2) is 38.2 Å². The Morgan fingerprint density at radius 3 is 2.76 bits per heavy atom. The topological polar surface area (TPSA) is 81.7 Å². The molecule has 0 radical (unpaired) electrons. The fourth-order valence-corrected chi connectivity index (χ4v) is 2.91. The number of aryl methyl sites for hydroxylation is 1. The highest BCUT2D eigenvalue weighted by molar-refractivity contribution is 5.59. The van der Waals surface area contributed by atoms with Crippen LogP contribution in [0.25, 0.3) is 23.0 Å². The van der Waals surface area contributed by atoms with Crippen LogP contribution in [0, 0.1) is 6.92 Å². The van der Waals surface area contributed by atoms with Crippen molar-refractivity contribution in [3.05, 3.63) is 35.5 Å². The van der Waals surface area contributed by atoms with Crippen LogP contribution >= 0.6 is 0 Å². The molecule has 1 atom stereocenters. The predicted molar refractivity (Wildman–Crippen MR) is 85.0 cm³/mol. The zero-order valence-electron chi connectivity index (χ0n) is 13.5. The molecule has 1 saturated heterocycles. The van der Waals surface area contributed by atoms with Crippen LogP contribution in [0.4, 0.5) is 8.78 Å². The van der Waals surface area contributed by atoms with Crippen molar-refractivity contribution < 1.29 is 13.3 Å². The van der Waals surface area contributed by atoms with E-state index in [-0.39, 0.29) is 23.3 Å². The third kappa shape index (κ3) is 2.91. The molecule has 4 rings (SSSR count). The van der Waals surface area contributed by atoms with Crippen LogP contribution in [0.5, 0.6) is 0 Å². The molecule has 1 aliphatic rings. The van der Waals surface area contributed by atoms with Gasteiger partial charge in [0, 0.05) is 12.1 Å². The number of alkyl halides is 2. The second-order valence-corrected chi connectivity index (χ2v) is 6.00. The summed E-state index contributed by atoms with van der Waals surface area (Å²) in [5.74, 6) is 0.274. The van der Waals surface area contributed by atoms with E-state index in [0.717, 1.165) is 24.1 Å². The van der Waals surface area contributed by atoms with Crippen molar-refractivity contribution in [2.75, 3.05) is 13.1 Å². The van der Waals surface area contributed by atoms with E-state index >= 15 is 0 Å². The van der Waals surface area contributed by atoms with E-state index < -0.39 is 6.43 Å². The number of halogens is 2. The maximum absolute atomic E-state index is 13.6. The number of rotatable bonds is 4. The van der Waals surface area contributed by atoms with Crippen LogP contribution in [0.15, 0.2) is 28.8 Å². The average molecular weight is 346 g/mol. The largest absolute Gasteiger partial charge is 0.332 e. The lowest BCUT2D eigenvalue weighted by atomic mass is 10.1. The Hall–Kier alpha value is -2.68. The molecule has 9 heteroatoms. The Labute approximate surface area is 142 Å². The van der Waals surface area contributed by atoms with E-state index in [1.54, 1.807) is 0 Å². The molecule has 1 aliphatic heterocycles. The van der Waals surface area contributed by atoms with Gasteiger partial charge in [0.05, 0.1) is 6.04 Å².